The molecular formula is C64H44N2. The number of rotatable bonds is 10. The molecule has 0 aromatic heterocycles. The Bertz CT molecular complexity index is 3230. The highest BCUT2D eigenvalue weighted by Crippen LogP contribution is 2.48. The van der Waals surface area contributed by atoms with Crippen molar-refractivity contribution >= 4 is 66.4 Å². The van der Waals surface area contributed by atoms with Crippen LogP contribution in [0.25, 0.3) is 76.8 Å². The quantitative estimate of drug-likeness (QED) is 0.127. The first-order chi connectivity index (χ1) is 32.7. The maximum Gasteiger partial charge on any atom is 0.0540 e. The van der Waals surface area contributed by atoms with E-state index in [4.69, 9.17) is 0 Å². The van der Waals surface area contributed by atoms with Crippen molar-refractivity contribution in [3.8, 4) is 44.5 Å². The van der Waals surface area contributed by atoms with Crippen LogP contribution in [0.2, 0.25) is 0 Å². The van der Waals surface area contributed by atoms with E-state index < -0.39 is 0 Å². The van der Waals surface area contributed by atoms with Crippen molar-refractivity contribution in [2.75, 3.05) is 9.80 Å². The molecule has 0 heterocycles. The van der Waals surface area contributed by atoms with Gasteiger partial charge in [0.15, 0.2) is 0 Å². The SMILES string of the molecule is c1ccc(-c2cccc(N(c3cccc(-c4ccccc4)c3)c3ccc4ccc5c(N(c6cccc(-c7ccccc7)c6)c6cccc(-c7ccccc7)c6)ccc6ccc3c4c65)c2)cc1. The summed E-state index contributed by atoms with van der Waals surface area (Å²) >= 11 is 0. The van der Waals surface area contributed by atoms with Crippen molar-refractivity contribution in [2.45, 2.75) is 0 Å². The number of anilines is 6. The Morgan fingerprint density at radius 2 is 0.455 bits per heavy atom. The Hall–Kier alpha value is -8.72. The van der Waals surface area contributed by atoms with Crippen LogP contribution in [0.4, 0.5) is 34.1 Å². The summed E-state index contributed by atoms with van der Waals surface area (Å²) in [6.07, 6.45) is 0. The molecule has 0 saturated carbocycles. The second-order valence-electron chi connectivity index (χ2n) is 16.9. The normalized spacial score (nSPS) is 11.3. The number of nitrogens with zero attached hydrogens (tertiary/aromatic N) is 2. The van der Waals surface area contributed by atoms with Crippen molar-refractivity contribution in [3.05, 3.63) is 267 Å². The molecule has 0 N–H and O–H groups in total. The fraction of sp³-hybridized carbons (Fsp3) is 0. The van der Waals surface area contributed by atoms with E-state index in [1.807, 2.05) is 0 Å². The molecule has 0 aliphatic rings. The molecule has 0 aliphatic heterocycles. The monoisotopic (exact) mass is 840 g/mol. The Morgan fingerprint density at radius 3 is 0.742 bits per heavy atom. The van der Waals surface area contributed by atoms with E-state index in [2.05, 4.69) is 277 Å². The minimum atomic E-state index is 1.10. The van der Waals surface area contributed by atoms with Gasteiger partial charge in [-0.1, -0.05) is 206 Å². The maximum atomic E-state index is 2.45. The van der Waals surface area contributed by atoms with Crippen molar-refractivity contribution in [2.24, 2.45) is 0 Å². The van der Waals surface area contributed by atoms with Crippen molar-refractivity contribution < 1.29 is 0 Å². The lowest BCUT2D eigenvalue weighted by molar-refractivity contribution is 1.30. The predicted octanol–water partition coefficient (Wildman–Crippen LogP) is 18.2. The predicted molar refractivity (Wildman–Crippen MR) is 281 cm³/mol. The molecule has 0 aliphatic carbocycles. The van der Waals surface area contributed by atoms with Gasteiger partial charge in [-0.15, -0.1) is 0 Å². The summed E-state index contributed by atoms with van der Waals surface area (Å²) in [6, 6.07) is 97.0. The topological polar surface area (TPSA) is 6.48 Å². The summed E-state index contributed by atoms with van der Waals surface area (Å²) in [5.41, 5.74) is 16.1. The van der Waals surface area contributed by atoms with Gasteiger partial charge in [-0.05, 0) is 127 Å². The molecule has 12 rings (SSSR count). The van der Waals surface area contributed by atoms with Crippen molar-refractivity contribution in [3.63, 3.8) is 0 Å². The average Bonchev–Trinajstić information content (AvgIpc) is 3.40. The number of hydrogen-bond acceptors (Lipinski definition) is 2. The molecule has 0 fully saturated rings. The molecule has 0 saturated heterocycles. The molecule has 12 aromatic rings. The smallest absolute Gasteiger partial charge is 0.0540 e. The van der Waals surface area contributed by atoms with E-state index in [9.17, 15) is 0 Å². The van der Waals surface area contributed by atoms with E-state index in [0.717, 1.165) is 34.1 Å². The van der Waals surface area contributed by atoms with Crippen LogP contribution in [-0.2, 0) is 0 Å². The first-order valence-electron chi connectivity index (χ1n) is 22.7. The third-order valence-electron chi connectivity index (χ3n) is 12.9. The highest BCUT2D eigenvalue weighted by Gasteiger charge is 2.23. The van der Waals surface area contributed by atoms with Crippen LogP contribution >= 0.6 is 0 Å². The van der Waals surface area contributed by atoms with Crippen LogP contribution in [0.3, 0.4) is 0 Å². The van der Waals surface area contributed by atoms with Gasteiger partial charge in [0.2, 0.25) is 0 Å². The lowest BCUT2D eigenvalue weighted by Crippen LogP contribution is -2.12. The van der Waals surface area contributed by atoms with Crippen molar-refractivity contribution in [1.82, 2.24) is 0 Å². The summed E-state index contributed by atoms with van der Waals surface area (Å²) in [7, 11) is 0. The third kappa shape index (κ3) is 7.12. The second-order valence-corrected chi connectivity index (χ2v) is 16.9. The largest absolute Gasteiger partial charge is 0.310 e. The van der Waals surface area contributed by atoms with Crippen LogP contribution in [0.15, 0.2) is 267 Å². The van der Waals surface area contributed by atoms with Crippen molar-refractivity contribution in [1.29, 1.82) is 0 Å². The highest BCUT2D eigenvalue weighted by atomic mass is 15.1. The van der Waals surface area contributed by atoms with Crippen LogP contribution < -0.4 is 9.80 Å². The highest BCUT2D eigenvalue weighted by molar-refractivity contribution is 6.28. The van der Waals surface area contributed by atoms with E-state index in [1.165, 1.54) is 76.8 Å². The molecule has 0 unspecified atom stereocenters. The molecular weight excluding hydrogens is 797 g/mol. The van der Waals surface area contributed by atoms with E-state index in [1.54, 1.807) is 0 Å². The van der Waals surface area contributed by atoms with Gasteiger partial charge >= 0.3 is 0 Å². The summed E-state index contributed by atoms with van der Waals surface area (Å²) in [5, 5.41) is 7.32. The lowest BCUT2D eigenvalue weighted by atomic mass is 9.91. The first kappa shape index (κ1) is 38.9. The molecule has 0 bridgehead atoms. The Labute approximate surface area is 385 Å². The van der Waals surface area contributed by atoms with E-state index in [0.29, 0.717) is 0 Å². The van der Waals surface area contributed by atoms with E-state index >= 15 is 0 Å². The molecule has 310 valence electrons. The fourth-order valence-electron chi connectivity index (χ4n) is 9.84. The summed E-state index contributed by atoms with van der Waals surface area (Å²) in [5.74, 6) is 0. The molecule has 0 radical (unpaired) electrons. The lowest BCUT2D eigenvalue weighted by Gasteiger charge is -2.30. The zero-order chi connectivity index (χ0) is 43.8. The molecule has 2 heteroatoms. The summed E-state index contributed by atoms with van der Waals surface area (Å²) in [6.45, 7) is 0. The van der Waals surface area contributed by atoms with Gasteiger partial charge in [0.1, 0.15) is 0 Å². The molecule has 12 aromatic carbocycles. The molecule has 0 atom stereocenters. The second kappa shape index (κ2) is 16.8. The molecule has 66 heavy (non-hydrogen) atoms. The Morgan fingerprint density at radius 1 is 0.197 bits per heavy atom. The summed E-state index contributed by atoms with van der Waals surface area (Å²) < 4.78 is 0. The number of benzene rings is 12. The zero-order valence-corrected chi connectivity index (χ0v) is 36.3. The average molecular weight is 841 g/mol. The van der Waals surface area contributed by atoms with Gasteiger partial charge in [0.25, 0.3) is 0 Å². The van der Waals surface area contributed by atoms with Gasteiger partial charge < -0.3 is 9.80 Å². The maximum absolute atomic E-state index is 2.45. The van der Waals surface area contributed by atoms with Gasteiger partial charge in [-0.3, -0.25) is 0 Å². The van der Waals surface area contributed by atoms with Gasteiger partial charge in [0, 0.05) is 33.5 Å². The van der Waals surface area contributed by atoms with Crippen LogP contribution in [0.1, 0.15) is 0 Å². The number of hydrogen-bond donors (Lipinski definition) is 0. The van der Waals surface area contributed by atoms with Crippen LogP contribution in [0.5, 0.6) is 0 Å². The standard InChI is InChI=1S/C64H44N2/c1-5-17-45(18-6-1)51-25-13-29-55(41-51)65(56-30-14-26-52(42-56)46-19-7-2-8-20-46)61-39-35-49-34-38-60-62(40-36-50-33-37-59(61)63(49)64(50)60)66(57-31-15-27-53(43-57)47-21-9-3-10-22-47)58-32-16-28-54(44-58)48-23-11-4-12-24-48/h1-44H. The van der Waals surface area contributed by atoms with Gasteiger partial charge in [0.05, 0.1) is 11.4 Å². The zero-order valence-electron chi connectivity index (χ0n) is 36.3. The molecule has 0 amide bonds. The Kier molecular flexibility index (Phi) is 9.89. The molecule has 0 spiro atoms. The van der Waals surface area contributed by atoms with Crippen LogP contribution in [-0.4, -0.2) is 0 Å². The first-order valence-corrected chi connectivity index (χ1v) is 22.7. The third-order valence-corrected chi connectivity index (χ3v) is 12.9. The van der Waals surface area contributed by atoms with Crippen LogP contribution in [0, 0.1) is 0 Å². The Balaban J connectivity index is 1.08. The summed E-state index contributed by atoms with van der Waals surface area (Å²) in [4.78, 5) is 4.89. The fourth-order valence-corrected chi connectivity index (χ4v) is 9.84. The minimum Gasteiger partial charge on any atom is -0.310 e. The minimum absolute atomic E-state index is 1.10. The molecule has 2 nitrogen and oxygen atoms in total. The van der Waals surface area contributed by atoms with Gasteiger partial charge in [-0.2, -0.15) is 0 Å². The van der Waals surface area contributed by atoms with Gasteiger partial charge in [-0.25, -0.2) is 0 Å². The van der Waals surface area contributed by atoms with E-state index in [-0.39, 0.29) is 0 Å².